The Morgan fingerprint density at radius 3 is 2.36 bits per heavy atom. The molecule has 1 aliphatic carbocycles. The Morgan fingerprint density at radius 2 is 1.82 bits per heavy atom. The van der Waals surface area contributed by atoms with Gasteiger partial charge in [0.15, 0.2) is 0 Å². The molecule has 1 unspecified atom stereocenters. The number of benzene rings is 1. The van der Waals surface area contributed by atoms with Crippen LogP contribution in [-0.2, 0) is 5.60 Å². The number of hydrogen-bond donors (Lipinski definition) is 1. The van der Waals surface area contributed by atoms with Crippen LogP contribution in [-0.4, -0.2) is 18.1 Å². The Hall–Kier alpha value is -1.16. The second kappa shape index (κ2) is 7.91. The Labute approximate surface area is 131 Å². The average Bonchev–Trinajstić information content (AvgIpc) is 2.53. The van der Waals surface area contributed by atoms with E-state index in [-0.39, 0.29) is 5.92 Å². The maximum Gasteiger partial charge on any atom is 0.241 e. The van der Waals surface area contributed by atoms with Crippen molar-refractivity contribution in [2.45, 2.75) is 63.9 Å². The van der Waals surface area contributed by atoms with Crippen LogP contribution in [0.1, 0.15) is 57.4 Å². The summed E-state index contributed by atoms with van der Waals surface area (Å²) in [5, 5.41) is 11.0. The van der Waals surface area contributed by atoms with Crippen molar-refractivity contribution in [2.75, 3.05) is 6.61 Å². The van der Waals surface area contributed by atoms with Crippen LogP contribution < -0.4 is 4.74 Å². The van der Waals surface area contributed by atoms with E-state index in [1.165, 1.54) is 0 Å². The van der Waals surface area contributed by atoms with Gasteiger partial charge in [0.05, 0.1) is 12.2 Å². The van der Waals surface area contributed by atoms with Gasteiger partial charge < -0.3 is 9.84 Å². The van der Waals surface area contributed by atoms with E-state index in [0.717, 1.165) is 38.5 Å². The van der Waals surface area contributed by atoms with E-state index in [4.69, 9.17) is 4.74 Å². The first-order chi connectivity index (χ1) is 10.6. The van der Waals surface area contributed by atoms with E-state index >= 15 is 0 Å². The molecule has 2 nitrogen and oxygen atoms in total. The molecular formula is C18H26F2O2. The first kappa shape index (κ1) is 17.2. The summed E-state index contributed by atoms with van der Waals surface area (Å²) in [6.07, 6.45) is 2.69. The van der Waals surface area contributed by atoms with Crippen LogP contribution in [0.3, 0.4) is 0 Å². The Kier molecular flexibility index (Phi) is 6.18. The van der Waals surface area contributed by atoms with Gasteiger partial charge in [-0.3, -0.25) is 0 Å². The van der Waals surface area contributed by atoms with Crippen molar-refractivity contribution in [1.29, 1.82) is 0 Å². The van der Waals surface area contributed by atoms with Crippen LogP contribution in [0.4, 0.5) is 8.78 Å². The van der Waals surface area contributed by atoms with Crippen molar-refractivity contribution in [1.82, 2.24) is 0 Å². The van der Waals surface area contributed by atoms with E-state index in [2.05, 4.69) is 0 Å². The fraction of sp³-hybridized carbons (Fsp3) is 0.667. The highest BCUT2D eigenvalue weighted by Crippen LogP contribution is 2.43. The van der Waals surface area contributed by atoms with Gasteiger partial charge in [-0.05, 0) is 42.9 Å². The Bertz CT molecular complexity index is 441. The zero-order valence-electron chi connectivity index (χ0n) is 13.2. The maximum atomic E-state index is 13.0. The number of aliphatic hydroxyl groups is 1. The van der Waals surface area contributed by atoms with Gasteiger partial charge in [0.2, 0.25) is 6.43 Å². The largest absolute Gasteiger partial charge is 0.494 e. The molecule has 124 valence electrons. The summed E-state index contributed by atoms with van der Waals surface area (Å²) in [5.41, 5.74) is -0.846. The monoisotopic (exact) mass is 312 g/mol. The number of alkyl halides is 2. The van der Waals surface area contributed by atoms with Crippen LogP contribution in [0.25, 0.3) is 0 Å². The molecule has 0 aliphatic heterocycles. The van der Waals surface area contributed by atoms with Crippen molar-refractivity contribution in [2.24, 2.45) is 5.92 Å². The fourth-order valence-corrected chi connectivity index (χ4v) is 3.40. The van der Waals surface area contributed by atoms with Gasteiger partial charge in [-0.15, -0.1) is 0 Å². The minimum Gasteiger partial charge on any atom is -0.494 e. The predicted octanol–water partition coefficient (Wildman–Crippen LogP) is 4.90. The minimum absolute atomic E-state index is 0.0855. The molecule has 0 aromatic heterocycles. The van der Waals surface area contributed by atoms with Gasteiger partial charge >= 0.3 is 0 Å². The normalized spacial score (nSPS) is 19.1. The van der Waals surface area contributed by atoms with E-state index in [9.17, 15) is 13.9 Å². The molecule has 1 aromatic rings. The predicted molar refractivity (Wildman–Crippen MR) is 83.3 cm³/mol. The lowest BCUT2D eigenvalue weighted by molar-refractivity contribution is -0.0809. The van der Waals surface area contributed by atoms with Crippen LogP contribution >= 0.6 is 0 Å². The van der Waals surface area contributed by atoms with Gasteiger partial charge in [-0.25, -0.2) is 8.78 Å². The van der Waals surface area contributed by atoms with E-state index in [1.54, 1.807) is 24.3 Å². The number of rotatable bonds is 7. The van der Waals surface area contributed by atoms with Crippen molar-refractivity contribution in [3.63, 3.8) is 0 Å². The molecule has 1 fully saturated rings. The first-order valence-corrected chi connectivity index (χ1v) is 8.30. The minimum atomic E-state index is -2.51. The fourth-order valence-electron chi connectivity index (χ4n) is 3.40. The molecule has 1 aliphatic rings. The Balaban J connectivity index is 2.20. The van der Waals surface area contributed by atoms with Gasteiger partial charge in [-0.2, -0.15) is 0 Å². The van der Waals surface area contributed by atoms with Crippen molar-refractivity contribution >= 4 is 0 Å². The molecule has 0 spiro atoms. The Morgan fingerprint density at radius 1 is 1.18 bits per heavy atom. The molecule has 0 saturated heterocycles. The number of halogens is 2. The molecular weight excluding hydrogens is 286 g/mol. The van der Waals surface area contributed by atoms with Crippen molar-refractivity contribution in [3.8, 4) is 5.75 Å². The van der Waals surface area contributed by atoms with Gasteiger partial charge in [0.1, 0.15) is 5.75 Å². The molecule has 1 saturated carbocycles. The molecule has 4 heteroatoms. The van der Waals surface area contributed by atoms with Crippen molar-refractivity contribution < 1.29 is 18.6 Å². The summed E-state index contributed by atoms with van der Waals surface area (Å²) in [6.45, 7) is 2.65. The topological polar surface area (TPSA) is 29.5 Å². The zero-order chi connectivity index (χ0) is 16.0. The molecule has 22 heavy (non-hydrogen) atoms. The second-order valence-corrected chi connectivity index (χ2v) is 6.23. The van der Waals surface area contributed by atoms with Crippen LogP contribution in [0, 0.1) is 5.92 Å². The van der Waals surface area contributed by atoms with E-state index in [1.807, 2.05) is 6.92 Å². The number of ether oxygens (including phenoxy) is 1. The summed E-state index contributed by atoms with van der Waals surface area (Å²) < 4.78 is 31.6. The highest BCUT2D eigenvalue weighted by atomic mass is 19.3. The molecule has 1 atom stereocenters. The van der Waals surface area contributed by atoms with Crippen molar-refractivity contribution in [3.05, 3.63) is 29.8 Å². The third kappa shape index (κ3) is 4.19. The standard InChI is InChI=1S/C18H26F2O2/c1-2-12-22-16-10-8-15(9-11-16)18(21,13-17(19)20)14-6-4-3-5-7-14/h8-11,14,17,21H,2-7,12-13H2,1H3. The molecule has 0 radical (unpaired) electrons. The first-order valence-electron chi connectivity index (χ1n) is 8.30. The van der Waals surface area contributed by atoms with E-state index in [0.29, 0.717) is 17.9 Å². The smallest absolute Gasteiger partial charge is 0.241 e. The molecule has 0 bridgehead atoms. The highest BCUT2D eigenvalue weighted by Gasteiger charge is 2.41. The summed E-state index contributed by atoms with van der Waals surface area (Å²) >= 11 is 0. The third-order valence-corrected chi connectivity index (χ3v) is 4.57. The summed E-state index contributed by atoms with van der Waals surface area (Å²) in [4.78, 5) is 0. The summed E-state index contributed by atoms with van der Waals surface area (Å²) in [5.74, 6) is 0.631. The lowest BCUT2D eigenvalue weighted by Crippen LogP contribution is -2.38. The highest BCUT2D eigenvalue weighted by molar-refractivity contribution is 5.31. The van der Waals surface area contributed by atoms with Gasteiger partial charge in [-0.1, -0.05) is 38.3 Å². The summed E-state index contributed by atoms with van der Waals surface area (Å²) in [6, 6.07) is 7.01. The SMILES string of the molecule is CCCOc1ccc(C(O)(CC(F)F)C2CCCCC2)cc1. The summed E-state index contributed by atoms with van der Waals surface area (Å²) in [7, 11) is 0. The van der Waals surface area contributed by atoms with E-state index < -0.39 is 18.4 Å². The van der Waals surface area contributed by atoms with Gasteiger partial charge in [0, 0.05) is 6.42 Å². The molecule has 0 heterocycles. The zero-order valence-corrected chi connectivity index (χ0v) is 13.2. The molecule has 0 amide bonds. The van der Waals surface area contributed by atoms with Crippen LogP contribution in [0.5, 0.6) is 5.75 Å². The average molecular weight is 312 g/mol. The molecule has 1 aromatic carbocycles. The molecule has 2 rings (SSSR count). The second-order valence-electron chi connectivity index (χ2n) is 6.23. The maximum absolute atomic E-state index is 13.0. The third-order valence-electron chi connectivity index (χ3n) is 4.57. The quantitative estimate of drug-likeness (QED) is 0.776. The molecule has 1 N–H and O–H groups in total. The lowest BCUT2D eigenvalue weighted by atomic mass is 9.72. The van der Waals surface area contributed by atoms with Crippen LogP contribution in [0.15, 0.2) is 24.3 Å². The number of hydrogen-bond acceptors (Lipinski definition) is 2. The van der Waals surface area contributed by atoms with Gasteiger partial charge in [0.25, 0.3) is 0 Å². The van der Waals surface area contributed by atoms with Crippen LogP contribution in [0.2, 0.25) is 0 Å². The lowest BCUT2D eigenvalue weighted by Gasteiger charge is -2.39.